The van der Waals surface area contributed by atoms with Gasteiger partial charge in [-0.05, 0) is 31.0 Å². The van der Waals surface area contributed by atoms with Gasteiger partial charge in [0, 0.05) is 25.7 Å². The number of likely N-dealkylation sites (tertiary alicyclic amines) is 1. The second kappa shape index (κ2) is 7.31. The molecule has 0 bridgehead atoms. The molecule has 1 aromatic rings. The van der Waals surface area contributed by atoms with Gasteiger partial charge in [0.25, 0.3) is 5.91 Å². The molecule has 0 spiro atoms. The fourth-order valence-electron chi connectivity index (χ4n) is 2.34. The lowest BCUT2D eigenvalue weighted by molar-refractivity contribution is -0.133. The highest BCUT2D eigenvalue weighted by atomic mass is 35.5. The number of hydrogen-bond acceptors (Lipinski definition) is 3. The van der Waals surface area contributed by atoms with Crippen molar-refractivity contribution < 1.29 is 14.7 Å². The molecular weight excluding hydrogens is 327 g/mol. The van der Waals surface area contributed by atoms with Crippen molar-refractivity contribution in [3.05, 3.63) is 33.8 Å². The molecule has 22 heavy (non-hydrogen) atoms. The SMILES string of the molecule is CN(CC(=O)N1CCC(O)CC1)C(=O)c1ccc(Cl)c(Cl)c1. The van der Waals surface area contributed by atoms with Crippen molar-refractivity contribution in [3.8, 4) is 0 Å². The van der Waals surface area contributed by atoms with E-state index in [1.54, 1.807) is 24.1 Å². The summed E-state index contributed by atoms with van der Waals surface area (Å²) in [5.41, 5.74) is 0.388. The van der Waals surface area contributed by atoms with Gasteiger partial charge in [-0.15, -0.1) is 0 Å². The van der Waals surface area contributed by atoms with E-state index in [1.807, 2.05) is 0 Å². The van der Waals surface area contributed by atoms with Crippen molar-refractivity contribution in [3.63, 3.8) is 0 Å². The van der Waals surface area contributed by atoms with Crippen LogP contribution in [0.3, 0.4) is 0 Å². The van der Waals surface area contributed by atoms with Crippen LogP contribution in [0.2, 0.25) is 10.0 Å². The normalized spacial score (nSPS) is 15.7. The van der Waals surface area contributed by atoms with Crippen LogP contribution in [0, 0.1) is 0 Å². The van der Waals surface area contributed by atoms with Gasteiger partial charge in [0.05, 0.1) is 22.7 Å². The predicted molar refractivity (Wildman–Crippen MR) is 85.2 cm³/mol. The van der Waals surface area contributed by atoms with Crippen molar-refractivity contribution in [2.45, 2.75) is 18.9 Å². The number of rotatable bonds is 3. The van der Waals surface area contributed by atoms with Crippen molar-refractivity contribution >= 4 is 35.0 Å². The van der Waals surface area contributed by atoms with Gasteiger partial charge in [-0.25, -0.2) is 0 Å². The number of hydrogen-bond donors (Lipinski definition) is 1. The minimum absolute atomic E-state index is 0.00479. The Bertz CT molecular complexity index is 572. The second-order valence-corrected chi connectivity index (χ2v) is 6.22. The third kappa shape index (κ3) is 4.12. The standard InChI is InChI=1S/C15H18Cl2N2O3/c1-18(9-14(21)19-6-4-11(20)5-7-19)15(22)10-2-3-12(16)13(17)8-10/h2-3,8,11,20H,4-7,9H2,1H3. The van der Waals surface area contributed by atoms with E-state index in [4.69, 9.17) is 23.2 Å². The maximum Gasteiger partial charge on any atom is 0.254 e. The zero-order valence-corrected chi connectivity index (χ0v) is 13.8. The van der Waals surface area contributed by atoms with E-state index in [2.05, 4.69) is 0 Å². The smallest absolute Gasteiger partial charge is 0.254 e. The van der Waals surface area contributed by atoms with Crippen LogP contribution in [0.15, 0.2) is 18.2 Å². The minimum atomic E-state index is -0.334. The van der Waals surface area contributed by atoms with Crippen molar-refractivity contribution in [2.75, 3.05) is 26.7 Å². The first-order chi connectivity index (χ1) is 10.4. The molecule has 1 heterocycles. The molecular formula is C15H18Cl2N2O3. The first-order valence-corrected chi connectivity index (χ1v) is 7.80. The van der Waals surface area contributed by atoms with E-state index >= 15 is 0 Å². The van der Waals surface area contributed by atoms with Crippen LogP contribution in [0.1, 0.15) is 23.2 Å². The maximum absolute atomic E-state index is 12.3. The fraction of sp³-hybridized carbons (Fsp3) is 0.467. The third-order valence-electron chi connectivity index (χ3n) is 3.70. The van der Waals surface area contributed by atoms with Gasteiger partial charge in [-0.3, -0.25) is 9.59 Å². The van der Waals surface area contributed by atoms with Gasteiger partial charge in [0.2, 0.25) is 5.91 Å². The number of aliphatic hydroxyl groups excluding tert-OH is 1. The summed E-state index contributed by atoms with van der Waals surface area (Å²) in [5.74, 6) is -0.410. The van der Waals surface area contributed by atoms with Crippen LogP contribution in [0.5, 0.6) is 0 Å². The van der Waals surface area contributed by atoms with Crippen LogP contribution < -0.4 is 0 Å². The molecule has 1 fully saturated rings. The Morgan fingerprint density at radius 3 is 2.50 bits per heavy atom. The van der Waals surface area contributed by atoms with E-state index < -0.39 is 0 Å². The van der Waals surface area contributed by atoms with E-state index in [0.717, 1.165) is 0 Å². The highest BCUT2D eigenvalue weighted by Crippen LogP contribution is 2.23. The number of carbonyl (C=O) groups is 2. The molecule has 0 saturated carbocycles. The summed E-state index contributed by atoms with van der Waals surface area (Å²) in [6.45, 7) is 1.04. The number of piperidine rings is 1. The second-order valence-electron chi connectivity index (χ2n) is 5.40. The Morgan fingerprint density at radius 1 is 1.27 bits per heavy atom. The van der Waals surface area contributed by atoms with Crippen LogP contribution >= 0.6 is 23.2 Å². The molecule has 1 saturated heterocycles. The predicted octanol–water partition coefficient (Wildman–Crippen LogP) is 2.05. The summed E-state index contributed by atoms with van der Waals surface area (Å²) >= 11 is 11.7. The molecule has 2 amide bonds. The van der Waals surface area contributed by atoms with E-state index in [1.165, 1.54) is 11.0 Å². The van der Waals surface area contributed by atoms with Crippen molar-refractivity contribution in [1.29, 1.82) is 0 Å². The van der Waals surface area contributed by atoms with Crippen LogP contribution in [-0.2, 0) is 4.79 Å². The van der Waals surface area contributed by atoms with Crippen molar-refractivity contribution in [2.24, 2.45) is 0 Å². The molecule has 120 valence electrons. The Hall–Kier alpha value is -1.30. The van der Waals surface area contributed by atoms with Gasteiger partial charge >= 0.3 is 0 Å². The molecule has 5 nitrogen and oxygen atoms in total. The number of benzene rings is 1. The summed E-state index contributed by atoms with van der Waals surface area (Å²) in [7, 11) is 1.57. The molecule has 1 aromatic carbocycles. The summed E-state index contributed by atoms with van der Waals surface area (Å²) in [6, 6.07) is 4.62. The van der Waals surface area contributed by atoms with E-state index in [-0.39, 0.29) is 24.5 Å². The Kier molecular flexibility index (Phi) is 5.67. The first kappa shape index (κ1) is 17.1. The highest BCUT2D eigenvalue weighted by Gasteiger charge is 2.23. The molecule has 7 heteroatoms. The fourth-order valence-corrected chi connectivity index (χ4v) is 2.64. The van der Waals surface area contributed by atoms with Gasteiger partial charge in [-0.1, -0.05) is 23.2 Å². The minimum Gasteiger partial charge on any atom is -0.393 e. The van der Waals surface area contributed by atoms with E-state index in [0.29, 0.717) is 41.5 Å². The zero-order chi connectivity index (χ0) is 16.3. The van der Waals surface area contributed by atoms with Crippen LogP contribution in [-0.4, -0.2) is 59.5 Å². The summed E-state index contributed by atoms with van der Waals surface area (Å²) in [5, 5.41) is 10.1. The van der Waals surface area contributed by atoms with Gasteiger partial charge in [-0.2, -0.15) is 0 Å². The number of nitrogens with zero attached hydrogens (tertiary/aromatic N) is 2. The zero-order valence-electron chi connectivity index (χ0n) is 12.3. The molecule has 0 unspecified atom stereocenters. The average Bonchev–Trinajstić information content (AvgIpc) is 2.49. The quantitative estimate of drug-likeness (QED) is 0.912. The van der Waals surface area contributed by atoms with Gasteiger partial charge < -0.3 is 14.9 Å². The van der Waals surface area contributed by atoms with Gasteiger partial charge in [0.15, 0.2) is 0 Å². The third-order valence-corrected chi connectivity index (χ3v) is 4.44. The summed E-state index contributed by atoms with van der Waals surface area (Å²) in [4.78, 5) is 27.5. The van der Waals surface area contributed by atoms with Crippen LogP contribution in [0.25, 0.3) is 0 Å². The lowest BCUT2D eigenvalue weighted by Gasteiger charge is -2.31. The molecule has 0 aliphatic carbocycles. The Labute approximate surface area is 139 Å². The monoisotopic (exact) mass is 344 g/mol. The number of likely N-dealkylation sites (N-methyl/N-ethyl adjacent to an activating group) is 1. The molecule has 2 rings (SSSR count). The molecule has 0 atom stereocenters. The first-order valence-electron chi connectivity index (χ1n) is 7.05. The summed E-state index contributed by atoms with van der Waals surface area (Å²) in [6.07, 6.45) is 0.825. The van der Waals surface area contributed by atoms with E-state index in [9.17, 15) is 14.7 Å². The number of halogens is 2. The topological polar surface area (TPSA) is 60.9 Å². The maximum atomic E-state index is 12.3. The lowest BCUT2D eigenvalue weighted by Crippen LogP contribution is -2.45. The molecule has 1 aliphatic rings. The molecule has 1 N–H and O–H groups in total. The largest absolute Gasteiger partial charge is 0.393 e. The number of carbonyl (C=O) groups excluding carboxylic acids is 2. The summed E-state index contributed by atoms with van der Waals surface area (Å²) < 4.78 is 0. The molecule has 0 aromatic heterocycles. The molecule has 0 radical (unpaired) electrons. The molecule has 1 aliphatic heterocycles. The number of aliphatic hydroxyl groups is 1. The average molecular weight is 345 g/mol. The highest BCUT2D eigenvalue weighted by molar-refractivity contribution is 6.42. The number of amides is 2. The Balaban J connectivity index is 1.96. The van der Waals surface area contributed by atoms with Crippen LogP contribution in [0.4, 0.5) is 0 Å². The van der Waals surface area contributed by atoms with Crippen molar-refractivity contribution in [1.82, 2.24) is 9.80 Å². The van der Waals surface area contributed by atoms with Gasteiger partial charge in [0.1, 0.15) is 0 Å². The Morgan fingerprint density at radius 2 is 1.91 bits per heavy atom. The lowest BCUT2D eigenvalue weighted by atomic mass is 10.1.